The molecule has 1 amide bonds. The van der Waals surface area contributed by atoms with Crippen molar-refractivity contribution < 1.29 is 9.90 Å². The number of nitrogens with zero attached hydrogens (tertiary/aromatic N) is 1. The van der Waals surface area contributed by atoms with E-state index in [1.165, 1.54) is 19.3 Å². The Morgan fingerprint density at radius 2 is 1.71 bits per heavy atom. The molecule has 1 aromatic rings. The zero-order valence-corrected chi connectivity index (χ0v) is 13.2. The standard InChI is InChI=1S/C18H27NO2/c1-3-19(4-2)18(21)16-12-10-15(11-13-16)17(20)14-8-6-5-7-9-14/h10-14,17,20H,3-9H2,1-2H3. The number of aliphatic hydroxyl groups is 1. The molecule has 0 aliphatic heterocycles. The molecule has 1 unspecified atom stereocenters. The van der Waals surface area contributed by atoms with E-state index in [2.05, 4.69) is 0 Å². The van der Waals surface area contributed by atoms with Crippen LogP contribution in [0, 0.1) is 5.92 Å². The van der Waals surface area contributed by atoms with Crippen LogP contribution in [-0.4, -0.2) is 29.0 Å². The van der Waals surface area contributed by atoms with Crippen LogP contribution in [0.4, 0.5) is 0 Å². The lowest BCUT2D eigenvalue weighted by molar-refractivity contribution is 0.0770. The van der Waals surface area contributed by atoms with E-state index in [1.54, 1.807) is 0 Å². The normalized spacial score (nSPS) is 17.5. The van der Waals surface area contributed by atoms with Gasteiger partial charge < -0.3 is 10.0 Å². The van der Waals surface area contributed by atoms with Gasteiger partial charge in [-0.05, 0) is 50.3 Å². The SMILES string of the molecule is CCN(CC)C(=O)c1ccc(C(O)C2CCCCC2)cc1. The topological polar surface area (TPSA) is 40.5 Å². The van der Waals surface area contributed by atoms with E-state index in [0.29, 0.717) is 11.5 Å². The summed E-state index contributed by atoms with van der Waals surface area (Å²) in [7, 11) is 0. The molecule has 21 heavy (non-hydrogen) atoms. The minimum Gasteiger partial charge on any atom is -0.388 e. The van der Waals surface area contributed by atoms with Crippen molar-refractivity contribution in [2.24, 2.45) is 5.92 Å². The lowest BCUT2D eigenvalue weighted by Crippen LogP contribution is -2.30. The van der Waals surface area contributed by atoms with Gasteiger partial charge in [0.1, 0.15) is 0 Å². The molecule has 1 saturated carbocycles. The molecule has 0 spiro atoms. The summed E-state index contributed by atoms with van der Waals surface area (Å²) in [5, 5.41) is 10.5. The summed E-state index contributed by atoms with van der Waals surface area (Å²) in [5.74, 6) is 0.446. The van der Waals surface area contributed by atoms with Gasteiger partial charge in [0.25, 0.3) is 5.91 Å². The van der Waals surface area contributed by atoms with Gasteiger partial charge in [-0.1, -0.05) is 31.4 Å². The Morgan fingerprint density at radius 3 is 2.24 bits per heavy atom. The van der Waals surface area contributed by atoms with Crippen LogP contribution in [0.5, 0.6) is 0 Å². The Bertz CT molecular complexity index is 445. The predicted molar refractivity (Wildman–Crippen MR) is 85.2 cm³/mol. The molecule has 1 aromatic carbocycles. The van der Waals surface area contributed by atoms with E-state index in [4.69, 9.17) is 0 Å². The van der Waals surface area contributed by atoms with Crippen LogP contribution in [0.15, 0.2) is 24.3 Å². The van der Waals surface area contributed by atoms with Crippen LogP contribution < -0.4 is 0 Å². The fraction of sp³-hybridized carbons (Fsp3) is 0.611. The molecule has 0 heterocycles. The van der Waals surface area contributed by atoms with Crippen molar-refractivity contribution in [2.75, 3.05) is 13.1 Å². The second-order valence-electron chi connectivity index (χ2n) is 5.94. The molecule has 116 valence electrons. The molecular formula is C18H27NO2. The summed E-state index contributed by atoms with van der Waals surface area (Å²) >= 11 is 0. The molecule has 3 nitrogen and oxygen atoms in total. The van der Waals surface area contributed by atoms with Crippen molar-refractivity contribution in [3.05, 3.63) is 35.4 Å². The summed E-state index contributed by atoms with van der Waals surface area (Å²) in [6, 6.07) is 7.52. The van der Waals surface area contributed by atoms with Gasteiger partial charge in [-0.25, -0.2) is 0 Å². The first-order valence-corrected chi connectivity index (χ1v) is 8.24. The van der Waals surface area contributed by atoms with Crippen LogP contribution in [-0.2, 0) is 0 Å². The lowest BCUT2D eigenvalue weighted by Gasteiger charge is -2.27. The van der Waals surface area contributed by atoms with Gasteiger partial charge >= 0.3 is 0 Å². The van der Waals surface area contributed by atoms with Crippen molar-refractivity contribution >= 4 is 5.91 Å². The first kappa shape index (κ1) is 16.0. The highest BCUT2D eigenvalue weighted by atomic mass is 16.3. The highest BCUT2D eigenvalue weighted by Crippen LogP contribution is 2.34. The van der Waals surface area contributed by atoms with Crippen LogP contribution >= 0.6 is 0 Å². The molecule has 0 aromatic heterocycles. The first-order valence-electron chi connectivity index (χ1n) is 8.24. The average molecular weight is 289 g/mol. The summed E-state index contributed by atoms with van der Waals surface area (Å²) in [5.41, 5.74) is 1.65. The van der Waals surface area contributed by atoms with E-state index in [1.807, 2.05) is 43.0 Å². The molecule has 0 saturated heterocycles. The lowest BCUT2D eigenvalue weighted by atomic mass is 9.82. The summed E-state index contributed by atoms with van der Waals surface area (Å²) in [4.78, 5) is 14.1. The maximum absolute atomic E-state index is 12.3. The summed E-state index contributed by atoms with van der Waals surface area (Å²) in [6.45, 7) is 5.43. The van der Waals surface area contributed by atoms with E-state index in [0.717, 1.165) is 31.5 Å². The predicted octanol–water partition coefficient (Wildman–Crippen LogP) is 3.78. The maximum atomic E-state index is 12.3. The number of rotatable bonds is 5. The molecule has 1 fully saturated rings. The Kier molecular flexibility index (Phi) is 5.80. The zero-order chi connectivity index (χ0) is 15.2. The molecule has 1 atom stereocenters. The van der Waals surface area contributed by atoms with Crippen molar-refractivity contribution in [3.8, 4) is 0 Å². The number of carbonyl (C=O) groups is 1. The van der Waals surface area contributed by atoms with E-state index in [9.17, 15) is 9.90 Å². The minimum absolute atomic E-state index is 0.0682. The van der Waals surface area contributed by atoms with E-state index in [-0.39, 0.29) is 12.0 Å². The van der Waals surface area contributed by atoms with Gasteiger partial charge in [0.2, 0.25) is 0 Å². The van der Waals surface area contributed by atoms with Crippen molar-refractivity contribution in [1.82, 2.24) is 4.90 Å². The monoisotopic (exact) mass is 289 g/mol. The largest absolute Gasteiger partial charge is 0.388 e. The first-order chi connectivity index (χ1) is 10.2. The summed E-state index contributed by atoms with van der Waals surface area (Å²) < 4.78 is 0. The van der Waals surface area contributed by atoms with E-state index >= 15 is 0 Å². The zero-order valence-electron chi connectivity index (χ0n) is 13.2. The number of aliphatic hydroxyl groups excluding tert-OH is 1. The Hall–Kier alpha value is -1.35. The molecule has 1 aliphatic rings. The Morgan fingerprint density at radius 1 is 1.14 bits per heavy atom. The van der Waals surface area contributed by atoms with Crippen LogP contribution in [0.25, 0.3) is 0 Å². The van der Waals surface area contributed by atoms with Crippen LogP contribution in [0.3, 0.4) is 0 Å². The molecular weight excluding hydrogens is 262 g/mol. The minimum atomic E-state index is -0.386. The number of hydrogen-bond donors (Lipinski definition) is 1. The number of benzene rings is 1. The highest BCUT2D eigenvalue weighted by molar-refractivity contribution is 5.94. The third kappa shape index (κ3) is 3.85. The highest BCUT2D eigenvalue weighted by Gasteiger charge is 2.23. The van der Waals surface area contributed by atoms with Gasteiger partial charge in [-0.15, -0.1) is 0 Å². The third-order valence-corrected chi connectivity index (χ3v) is 4.65. The third-order valence-electron chi connectivity index (χ3n) is 4.65. The smallest absolute Gasteiger partial charge is 0.253 e. The molecule has 0 radical (unpaired) electrons. The van der Waals surface area contributed by atoms with Gasteiger partial charge in [-0.2, -0.15) is 0 Å². The Balaban J connectivity index is 2.05. The maximum Gasteiger partial charge on any atom is 0.253 e. The molecule has 1 aliphatic carbocycles. The van der Waals surface area contributed by atoms with Gasteiger partial charge in [0, 0.05) is 18.7 Å². The number of hydrogen-bond acceptors (Lipinski definition) is 2. The van der Waals surface area contributed by atoms with E-state index < -0.39 is 0 Å². The molecule has 2 rings (SSSR count). The van der Waals surface area contributed by atoms with Crippen LogP contribution in [0.1, 0.15) is 68.0 Å². The molecule has 1 N–H and O–H groups in total. The second kappa shape index (κ2) is 7.60. The summed E-state index contributed by atoms with van der Waals surface area (Å²) in [6.07, 6.45) is 5.58. The van der Waals surface area contributed by atoms with Crippen molar-refractivity contribution in [1.29, 1.82) is 0 Å². The molecule has 3 heteroatoms. The fourth-order valence-corrected chi connectivity index (χ4v) is 3.24. The Labute approximate surface area is 128 Å². The number of carbonyl (C=O) groups excluding carboxylic acids is 1. The quantitative estimate of drug-likeness (QED) is 0.896. The van der Waals surface area contributed by atoms with Crippen molar-refractivity contribution in [3.63, 3.8) is 0 Å². The molecule has 0 bridgehead atoms. The van der Waals surface area contributed by atoms with Crippen LogP contribution in [0.2, 0.25) is 0 Å². The number of amides is 1. The van der Waals surface area contributed by atoms with Gasteiger partial charge in [0.05, 0.1) is 6.10 Å². The van der Waals surface area contributed by atoms with Gasteiger partial charge in [-0.3, -0.25) is 4.79 Å². The average Bonchev–Trinajstić information content (AvgIpc) is 2.56. The van der Waals surface area contributed by atoms with Gasteiger partial charge in [0.15, 0.2) is 0 Å². The van der Waals surface area contributed by atoms with Crippen molar-refractivity contribution in [2.45, 2.75) is 52.1 Å². The second-order valence-corrected chi connectivity index (χ2v) is 5.94. The fourth-order valence-electron chi connectivity index (χ4n) is 3.24.